The van der Waals surface area contributed by atoms with Crippen LogP contribution in [0.2, 0.25) is 0 Å². The molecule has 0 aliphatic rings. The van der Waals surface area contributed by atoms with Crippen molar-refractivity contribution in [2.24, 2.45) is 0 Å². The molecule has 20 aromatic carbocycles. The SMILES string of the molecule is Cc1cc(-n2c3ccccc3c3ccc(-c4c(-n5c6ccccc6c6ccccc65)ccc5c4oc4ccccc45)cc32)c2cccnc2n1.c1cc(-n2c3ccccc3c3cc(-c4c(-n5c6ccccc6c6ccccc65)ccc5c4oc4ccccc45)ccc32)c2cnccc2c1.c1cc(-n2c3ccccc3c3ccc(-c4c(-n5c6ccccc6c6ccccc65)ccc5c4oc4ccccc45)cc32)c2cccnc2c1. The van der Waals surface area contributed by atoms with Gasteiger partial charge in [-0.05, 0) is 217 Å². The van der Waals surface area contributed by atoms with E-state index in [1.165, 1.54) is 92.1 Å². The third-order valence-corrected chi connectivity index (χ3v) is 30.6. The lowest BCUT2D eigenvalue weighted by molar-refractivity contribution is 0.669. The van der Waals surface area contributed by atoms with E-state index in [9.17, 15) is 0 Å². The molecule has 0 amide bonds. The van der Waals surface area contributed by atoms with Crippen LogP contribution in [0.4, 0.5) is 0 Å². The number of aryl methyl sites for hydroxylation is 1. The smallest absolute Gasteiger partial charge is 0.161 e. The van der Waals surface area contributed by atoms with Gasteiger partial charge in [-0.15, -0.1) is 0 Å². The highest BCUT2D eigenvalue weighted by Crippen LogP contribution is 2.52. The molecule has 13 heterocycles. The summed E-state index contributed by atoms with van der Waals surface area (Å²) >= 11 is 0. The number of pyridine rings is 4. The van der Waals surface area contributed by atoms with Gasteiger partial charge in [-0.3, -0.25) is 9.97 Å². The molecule has 0 N–H and O–H groups in total. The van der Waals surface area contributed by atoms with Crippen molar-refractivity contribution in [3.63, 3.8) is 0 Å². The second kappa shape index (κ2) is 32.5. The molecule has 0 atom stereocenters. The Morgan fingerprint density at radius 1 is 0.189 bits per heavy atom. The van der Waals surface area contributed by atoms with Gasteiger partial charge < -0.3 is 40.7 Å². The van der Waals surface area contributed by atoms with Crippen molar-refractivity contribution >= 4 is 229 Å². The van der Waals surface area contributed by atoms with Gasteiger partial charge in [0, 0.05) is 160 Å². The summed E-state index contributed by atoms with van der Waals surface area (Å²) in [6.45, 7) is 2.04. The minimum atomic E-state index is 0.741. The number of furan rings is 3. The largest absolute Gasteiger partial charge is 0.455 e. The summed E-state index contributed by atoms with van der Waals surface area (Å²) in [5.74, 6) is 0. The third-order valence-electron chi connectivity index (χ3n) is 30.6. The summed E-state index contributed by atoms with van der Waals surface area (Å²) in [5.41, 5.74) is 34.8. The first-order valence-corrected chi connectivity index (χ1v) is 50.2. The van der Waals surface area contributed by atoms with Gasteiger partial charge >= 0.3 is 0 Å². The molecule has 0 aliphatic carbocycles. The van der Waals surface area contributed by atoms with Crippen LogP contribution in [0, 0.1) is 6.92 Å². The van der Waals surface area contributed by atoms with Crippen LogP contribution in [-0.2, 0) is 0 Å². The van der Waals surface area contributed by atoms with E-state index < -0.39 is 0 Å². The maximum atomic E-state index is 6.82. The molecular weight excluding hydrogens is 1810 g/mol. The van der Waals surface area contributed by atoms with E-state index in [1.807, 2.05) is 62.0 Å². The number of fused-ring (bicyclic) bond motifs is 30. The lowest BCUT2D eigenvalue weighted by Crippen LogP contribution is -2.00. The Morgan fingerprint density at radius 3 is 0.926 bits per heavy atom. The van der Waals surface area contributed by atoms with Gasteiger partial charge in [0.2, 0.25) is 0 Å². The topological polar surface area (TPSA) is 121 Å². The van der Waals surface area contributed by atoms with E-state index in [1.54, 1.807) is 0 Å². The van der Waals surface area contributed by atoms with Crippen molar-refractivity contribution in [2.45, 2.75) is 6.92 Å². The number of aromatic nitrogens is 10. The van der Waals surface area contributed by atoms with Crippen LogP contribution in [0.3, 0.4) is 0 Å². The Bertz CT molecular complexity index is 11300. The molecule has 13 aromatic heterocycles. The predicted octanol–water partition coefficient (Wildman–Crippen LogP) is 35.7. The highest BCUT2D eigenvalue weighted by molar-refractivity contribution is 6.23. The molecule has 0 unspecified atom stereocenters. The highest BCUT2D eigenvalue weighted by atomic mass is 16.3. The number of rotatable bonds is 9. The van der Waals surface area contributed by atoms with Crippen molar-refractivity contribution in [3.05, 3.63) is 485 Å². The number of benzene rings is 20. The summed E-state index contributed by atoms with van der Waals surface area (Å²) in [5, 5.41) is 25.7. The van der Waals surface area contributed by atoms with Gasteiger partial charge in [0.05, 0.1) is 106 Å². The molecule has 33 rings (SSSR count). The van der Waals surface area contributed by atoms with Crippen molar-refractivity contribution in [1.29, 1.82) is 0 Å². The van der Waals surface area contributed by atoms with Gasteiger partial charge in [0.25, 0.3) is 0 Å². The van der Waals surface area contributed by atoms with E-state index in [4.69, 9.17) is 23.2 Å². The molecule has 0 spiro atoms. The molecule has 0 radical (unpaired) electrons. The molecule has 690 valence electrons. The highest BCUT2D eigenvalue weighted by Gasteiger charge is 2.30. The average molecular weight is 1890 g/mol. The molecule has 0 saturated carbocycles. The first kappa shape index (κ1) is 82.7. The van der Waals surface area contributed by atoms with Crippen LogP contribution in [0.5, 0.6) is 0 Å². The quantitative estimate of drug-likeness (QED) is 0.141. The van der Waals surface area contributed by atoms with E-state index in [0.717, 1.165) is 210 Å². The molecule has 0 saturated heterocycles. The first-order chi connectivity index (χ1) is 73.4. The van der Waals surface area contributed by atoms with Gasteiger partial charge in [0.1, 0.15) is 33.5 Å². The van der Waals surface area contributed by atoms with Crippen LogP contribution in [0.25, 0.3) is 297 Å². The van der Waals surface area contributed by atoms with E-state index >= 15 is 0 Å². The van der Waals surface area contributed by atoms with E-state index in [0.29, 0.717) is 0 Å². The van der Waals surface area contributed by atoms with Crippen LogP contribution < -0.4 is 0 Å². The number of hydrogen-bond acceptors (Lipinski definition) is 7. The fourth-order valence-corrected chi connectivity index (χ4v) is 24.4. The van der Waals surface area contributed by atoms with Crippen molar-refractivity contribution < 1.29 is 13.3 Å². The zero-order valence-electron chi connectivity index (χ0n) is 79.8. The molecule has 0 fully saturated rings. The van der Waals surface area contributed by atoms with Crippen LogP contribution in [0.15, 0.2) is 493 Å². The summed E-state index contributed by atoms with van der Waals surface area (Å²) in [6, 6.07) is 163. The molecule has 0 bridgehead atoms. The van der Waals surface area contributed by atoms with Crippen LogP contribution >= 0.6 is 0 Å². The zero-order valence-corrected chi connectivity index (χ0v) is 79.8. The molecule has 0 aliphatic heterocycles. The maximum absolute atomic E-state index is 6.82. The molecule has 148 heavy (non-hydrogen) atoms. The molecule has 13 nitrogen and oxygen atoms in total. The number of para-hydroxylation sites is 12. The third kappa shape index (κ3) is 12.4. The molecule has 33 aromatic rings. The Morgan fingerprint density at radius 2 is 0.500 bits per heavy atom. The minimum Gasteiger partial charge on any atom is -0.455 e. The average Bonchev–Trinajstić information content (AvgIpc) is 1.56. The van der Waals surface area contributed by atoms with Crippen LogP contribution in [-0.4, -0.2) is 47.3 Å². The van der Waals surface area contributed by atoms with E-state index in [-0.39, 0.29) is 0 Å². The van der Waals surface area contributed by atoms with Gasteiger partial charge in [-0.2, -0.15) is 0 Å². The monoisotopic (exact) mass is 1890 g/mol. The van der Waals surface area contributed by atoms with Gasteiger partial charge in [0.15, 0.2) is 5.65 Å². The summed E-state index contributed by atoms with van der Waals surface area (Å²) in [4.78, 5) is 18.6. The Kier molecular flexibility index (Phi) is 18.2. The van der Waals surface area contributed by atoms with Gasteiger partial charge in [-0.25, -0.2) is 9.97 Å². The van der Waals surface area contributed by atoms with Gasteiger partial charge in [-0.1, -0.05) is 267 Å². The molecule has 13 heteroatoms. The Hall–Kier alpha value is -20.0. The second-order valence-electron chi connectivity index (χ2n) is 38.5. The summed E-state index contributed by atoms with van der Waals surface area (Å²) in [7, 11) is 0. The maximum Gasteiger partial charge on any atom is 0.161 e. The zero-order chi connectivity index (χ0) is 97.0. The van der Waals surface area contributed by atoms with Crippen molar-refractivity contribution in [1.82, 2.24) is 47.3 Å². The summed E-state index contributed by atoms with van der Waals surface area (Å²) < 4.78 is 34.8. The fraction of sp³-hybridized carbons (Fsp3) is 0.00741. The van der Waals surface area contributed by atoms with Crippen LogP contribution in [0.1, 0.15) is 5.69 Å². The first-order valence-electron chi connectivity index (χ1n) is 50.2. The Labute approximate surface area is 844 Å². The van der Waals surface area contributed by atoms with E-state index in [2.05, 4.69) is 462 Å². The fourth-order valence-electron chi connectivity index (χ4n) is 24.4. The normalized spacial score (nSPS) is 12.1. The lowest BCUT2D eigenvalue weighted by atomic mass is 9.98. The number of nitrogens with zero attached hydrogens (tertiary/aromatic N) is 10. The summed E-state index contributed by atoms with van der Waals surface area (Å²) in [6.07, 6.45) is 7.50. The second-order valence-corrected chi connectivity index (χ2v) is 38.5. The Balaban J connectivity index is 0.000000100. The van der Waals surface area contributed by atoms with Crippen molar-refractivity contribution in [3.8, 4) is 67.5 Å². The molecular formula is C135H82N10O3. The predicted molar refractivity (Wildman–Crippen MR) is 612 cm³/mol. The van der Waals surface area contributed by atoms with Crippen molar-refractivity contribution in [2.75, 3.05) is 0 Å². The minimum absolute atomic E-state index is 0.741. The number of hydrogen-bond donors (Lipinski definition) is 0. The lowest BCUT2D eigenvalue weighted by Gasteiger charge is -2.16. The standard InChI is InChI=1S/C45H28N4O.2C45H27N3O/c1-27-25-40(35-15-10-24-46-45(35)47-27)49-38-18-8-4-13-31(38)32-21-20-28(26-41(32)49)43-39(23-22-34-33-14-5-9-19-42(33)50-44(34)43)48-36-16-6-2-11-29(36)30-12-3-7-17-37(30)48;1-5-17-37-29(11-1)30-12-2-6-18-38(30)47(37)41-25-24-34-33-14-4-8-21-43(33)49-45(34)44(41)28-22-23-32-31-13-3-7-19-39(31)48(42(32)27-28)40-20-9-16-36-35(40)15-10-26-46-36;1-5-15-37-30(11-1)31-12-2-6-16-38(31)48(37)42-23-21-34-33-14-4-8-19-43(33)49-45(34)44(42)29-20-22-41-35(26-29)32-13-3-7-17-39(32)47(41)40-18-9-10-28-24-25-46-27-36(28)40/h2-26H,1H3;2*1-27H.